The van der Waals surface area contributed by atoms with Crippen LogP contribution in [0.4, 0.5) is 9.18 Å². The predicted octanol–water partition coefficient (Wildman–Crippen LogP) is 4.73. The molecule has 1 aromatic carbocycles. The zero-order chi connectivity index (χ0) is 17.9. The topological polar surface area (TPSA) is 41.6 Å². The summed E-state index contributed by atoms with van der Waals surface area (Å²) in [7, 11) is 0. The maximum atomic E-state index is 13.7. The molecule has 1 amide bonds. The summed E-state index contributed by atoms with van der Waals surface area (Å²) in [5, 5.41) is 3.46. The van der Waals surface area contributed by atoms with Crippen molar-refractivity contribution in [2.75, 3.05) is 13.1 Å². The molecule has 1 heterocycles. The number of nitrogens with one attached hydrogen (secondary N) is 1. The Kier molecular flexibility index (Phi) is 6.51. The lowest BCUT2D eigenvalue weighted by atomic mass is 10.0. The van der Waals surface area contributed by atoms with E-state index in [-0.39, 0.29) is 18.0 Å². The van der Waals surface area contributed by atoms with Gasteiger partial charge in [0, 0.05) is 30.7 Å². The third kappa shape index (κ3) is 5.90. The lowest BCUT2D eigenvalue weighted by Crippen LogP contribution is -2.45. The van der Waals surface area contributed by atoms with E-state index in [0.29, 0.717) is 16.0 Å². The summed E-state index contributed by atoms with van der Waals surface area (Å²) in [6, 6.07) is 3.16. The normalized spacial score (nSPS) is 16.9. The van der Waals surface area contributed by atoms with Crippen LogP contribution in [0, 0.1) is 5.82 Å². The highest BCUT2D eigenvalue weighted by Gasteiger charge is 2.24. The van der Waals surface area contributed by atoms with Crippen molar-refractivity contribution < 1.29 is 13.9 Å². The molecule has 1 aliphatic rings. The molecule has 4 nitrogen and oxygen atoms in total. The first-order valence-electron chi connectivity index (χ1n) is 7.99. The van der Waals surface area contributed by atoms with Gasteiger partial charge in [-0.15, -0.1) is 0 Å². The number of ether oxygens (including phenoxy) is 1. The van der Waals surface area contributed by atoms with Crippen molar-refractivity contribution in [3.63, 3.8) is 0 Å². The third-order valence-corrected chi connectivity index (χ3v) is 4.75. The smallest absolute Gasteiger partial charge is 0.407 e. The second kappa shape index (κ2) is 8.02. The highest BCUT2D eigenvalue weighted by atomic mass is 79.9. The third-order valence-electron chi connectivity index (χ3n) is 3.79. The second-order valence-electron chi connectivity index (χ2n) is 7.05. The van der Waals surface area contributed by atoms with Crippen LogP contribution in [0.15, 0.2) is 16.6 Å². The van der Waals surface area contributed by atoms with Gasteiger partial charge in [-0.3, -0.25) is 4.90 Å². The molecule has 0 aliphatic carbocycles. The molecule has 0 radical (unpaired) electrons. The number of likely N-dealkylation sites (tertiary alicyclic amines) is 1. The Morgan fingerprint density at radius 1 is 1.42 bits per heavy atom. The number of carbonyl (C=O) groups is 1. The van der Waals surface area contributed by atoms with Crippen molar-refractivity contribution in [1.82, 2.24) is 10.2 Å². The monoisotopic (exact) mass is 420 g/mol. The van der Waals surface area contributed by atoms with Crippen LogP contribution in [-0.2, 0) is 11.3 Å². The van der Waals surface area contributed by atoms with E-state index in [2.05, 4.69) is 26.1 Å². The highest BCUT2D eigenvalue weighted by molar-refractivity contribution is 9.10. The summed E-state index contributed by atoms with van der Waals surface area (Å²) in [5.41, 5.74) is 0.281. The van der Waals surface area contributed by atoms with Crippen molar-refractivity contribution in [3.8, 4) is 0 Å². The van der Waals surface area contributed by atoms with E-state index in [9.17, 15) is 9.18 Å². The first-order chi connectivity index (χ1) is 11.1. The zero-order valence-electron chi connectivity index (χ0n) is 14.2. The summed E-state index contributed by atoms with van der Waals surface area (Å²) in [5.74, 6) is -0.309. The van der Waals surface area contributed by atoms with E-state index in [1.165, 1.54) is 6.07 Å². The van der Waals surface area contributed by atoms with Crippen molar-refractivity contribution in [1.29, 1.82) is 0 Å². The van der Waals surface area contributed by atoms with Crippen molar-refractivity contribution in [2.45, 2.75) is 51.8 Å². The minimum absolute atomic E-state index is 0.105. The van der Waals surface area contributed by atoms with Gasteiger partial charge in [-0.2, -0.15) is 0 Å². The lowest BCUT2D eigenvalue weighted by Gasteiger charge is -2.33. The Balaban J connectivity index is 1.83. The van der Waals surface area contributed by atoms with E-state index in [1.54, 1.807) is 6.07 Å². The molecule has 134 valence electrons. The van der Waals surface area contributed by atoms with Crippen LogP contribution in [0.25, 0.3) is 0 Å². The van der Waals surface area contributed by atoms with E-state index in [1.807, 2.05) is 20.8 Å². The minimum Gasteiger partial charge on any atom is -0.444 e. The van der Waals surface area contributed by atoms with Gasteiger partial charge >= 0.3 is 6.09 Å². The van der Waals surface area contributed by atoms with Crippen molar-refractivity contribution in [2.24, 2.45) is 0 Å². The molecule has 1 aliphatic heterocycles. The molecule has 1 fully saturated rings. The van der Waals surface area contributed by atoms with Crippen LogP contribution in [0.3, 0.4) is 0 Å². The van der Waals surface area contributed by atoms with Crippen LogP contribution < -0.4 is 5.32 Å². The summed E-state index contributed by atoms with van der Waals surface area (Å²) < 4.78 is 19.3. The molecular formula is C17H23BrClFN2O2. The molecular weight excluding hydrogens is 399 g/mol. The van der Waals surface area contributed by atoms with Gasteiger partial charge in [-0.1, -0.05) is 11.6 Å². The number of nitrogens with zero attached hydrogens (tertiary/aromatic N) is 1. The first-order valence-corrected chi connectivity index (χ1v) is 9.16. The van der Waals surface area contributed by atoms with Crippen LogP contribution in [0.5, 0.6) is 0 Å². The largest absolute Gasteiger partial charge is 0.444 e. The van der Waals surface area contributed by atoms with Gasteiger partial charge < -0.3 is 10.1 Å². The Hall–Kier alpha value is -0.850. The van der Waals surface area contributed by atoms with Gasteiger partial charge in [0.15, 0.2) is 0 Å². The molecule has 0 aromatic heterocycles. The number of halogens is 3. The molecule has 1 N–H and O–H groups in total. The molecule has 1 saturated heterocycles. The number of benzene rings is 1. The molecule has 1 aromatic rings. The van der Waals surface area contributed by atoms with Crippen LogP contribution in [0.2, 0.25) is 5.02 Å². The highest BCUT2D eigenvalue weighted by Crippen LogP contribution is 2.26. The van der Waals surface area contributed by atoms with Crippen molar-refractivity contribution in [3.05, 3.63) is 33.0 Å². The summed E-state index contributed by atoms with van der Waals surface area (Å²) in [6.45, 7) is 7.76. The summed E-state index contributed by atoms with van der Waals surface area (Å²) in [4.78, 5) is 14.0. The number of hydrogen-bond donors (Lipinski definition) is 1. The Labute approximate surface area is 155 Å². The average Bonchev–Trinajstić information content (AvgIpc) is 2.44. The Morgan fingerprint density at radius 3 is 2.62 bits per heavy atom. The van der Waals surface area contributed by atoms with Gasteiger partial charge in [0.05, 0.1) is 4.47 Å². The van der Waals surface area contributed by atoms with Gasteiger partial charge in [-0.05, 0) is 67.2 Å². The molecule has 0 bridgehead atoms. The molecule has 0 spiro atoms. The molecule has 7 heteroatoms. The van der Waals surface area contributed by atoms with E-state index in [0.717, 1.165) is 31.5 Å². The standard InChI is InChI=1S/C17H23BrClFN2O2/c1-17(2,3)24-16(23)21-12-4-6-22(7-5-12)10-11-8-15(20)13(18)9-14(11)19/h8-9,12H,4-7,10H2,1-3H3,(H,21,23). The SMILES string of the molecule is CC(C)(C)OC(=O)NC1CCN(Cc2cc(F)c(Br)cc2Cl)CC1. The fourth-order valence-electron chi connectivity index (χ4n) is 2.64. The van der Waals surface area contributed by atoms with Crippen LogP contribution in [-0.4, -0.2) is 35.7 Å². The zero-order valence-corrected chi connectivity index (χ0v) is 16.5. The van der Waals surface area contributed by atoms with Crippen LogP contribution >= 0.6 is 27.5 Å². The number of amides is 1. The molecule has 0 atom stereocenters. The molecule has 0 unspecified atom stereocenters. The second-order valence-corrected chi connectivity index (χ2v) is 8.32. The molecule has 0 saturated carbocycles. The molecule has 2 rings (SSSR count). The van der Waals surface area contributed by atoms with Gasteiger partial charge in [0.2, 0.25) is 0 Å². The van der Waals surface area contributed by atoms with E-state index in [4.69, 9.17) is 16.3 Å². The Bertz CT molecular complexity index is 599. The minimum atomic E-state index is -0.493. The van der Waals surface area contributed by atoms with E-state index >= 15 is 0 Å². The number of rotatable bonds is 3. The Morgan fingerprint density at radius 2 is 2.04 bits per heavy atom. The maximum Gasteiger partial charge on any atom is 0.407 e. The maximum absolute atomic E-state index is 13.7. The lowest BCUT2D eigenvalue weighted by molar-refractivity contribution is 0.0477. The van der Waals surface area contributed by atoms with Gasteiger partial charge in [-0.25, -0.2) is 9.18 Å². The van der Waals surface area contributed by atoms with Gasteiger partial charge in [0.1, 0.15) is 11.4 Å². The quantitative estimate of drug-likeness (QED) is 0.717. The van der Waals surface area contributed by atoms with E-state index < -0.39 is 5.60 Å². The summed E-state index contributed by atoms with van der Waals surface area (Å²) in [6.07, 6.45) is 1.28. The number of carbonyl (C=O) groups excluding carboxylic acids is 1. The predicted molar refractivity (Wildman–Crippen MR) is 96.8 cm³/mol. The van der Waals surface area contributed by atoms with Gasteiger partial charge in [0.25, 0.3) is 0 Å². The number of hydrogen-bond acceptors (Lipinski definition) is 3. The molecule has 24 heavy (non-hydrogen) atoms. The van der Waals surface area contributed by atoms with Crippen LogP contribution in [0.1, 0.15) is 39.2 Å². The fraction of sp³-hybridized carbons (Fsp3) is 0.588. The number of piperidine rings is 1. The summed E-state index contributed by atoms with van der Waals surface area (Å²) >= 11 is 9.31. The first kappa shape index (κ1) is 19.5. The van der Waals surface area contributed by atoms with Crippen molar-refractivity contribution >= 4 is 33.6 Å². The fourth-order valence-corrected chi connectivity index (χ4v) is 3.33. The number of alkyl carbamates (subject to hydrolysis) is 1. The average molecular weight is 422 g/mol.